The first-order valence-electron chi connectivity index (χ1n) is 16.0. The molecular formula is C33H56N8O4. The number of hydrogen-bond acceptors (Lipinski definition) is 12. The molecule has 2 fully saturated rings. The lowest BCUT2D eigenvalue weighted by Crippen LogP contribution is -2.59. The zero-order valence-corrected chi connectivity index (χ0v) is 29.7. The van der Waals surface area contributed by atoms with E-state index in [2.05, 4.69) is 96.3 Å². The fourth-order valence-corrected chi connectivity index (χ4v) is 7.17. The van der Waals surface area contributed by atoms with E-state index in [-0.39, 0.29) is 69.6 Å². The monoisotopic (exact) mass is 628 g/mol. The molecule has 2 aliphatic rings. The first-order chi connectivity index (χ1) is 20.4. The van der Waals surface area contributed by atoms with Gasteiger partial charge in [-0.3, -0.25) is 0 Å². The maximum atomic E-state index is 12.8. The minimum Gasteiger partial charge on any atom is -0.458 e. The van der Waals surface area contributed by atoms with Gasteiger partial charge in [-0.05, 0) is 128 Å². The van der Waals surface area contributed by atoms with Crippen LogP contribution in [0, 0.1) is 11.8 Å². The maximum Gasteiger partial charge on any atom is 0.349 e. The third-order valence-corrected chi connectivity index (χ3v) is 8.04. The molecule has 12 heteroatoms. The molecular weight excluding hydrogens is 572 g/mol. The van der Waals surface area contributed by atoms with E-state index < -0.39 is 11.9 Å². The molecule has 2 saturated heterocycles. The van der Waals surface area contributed by atoms with Crippen molar-refractivity contribution in [2.75, 3.05) is 5.32 Å². The Balaban J connectivity index is 1.70. The van der Waals surface area contributed by atoms with Gasteiger partial charge in [0.1, 0.15) is 24.6 Å². The summed E-state index contributed by atoms with van der Waals surface area (Å²) in [5.41, 5.74) is -0.634. The van der Waals surface area contributed by atoms with Gasteiger partial charge in [0.15, 0.2) is 0 Å². The number of ether oxygens (including phenoxy) is 2. The number of anilines is 1. The molecule has 45 heavy (non-hydrogen) atoms. The van der Waals surface area contributed by atoms with Crippen molar-refractivity contribution in [3.8, 4) is 0 Å². The summed E-state index contributed by atoms with van der Waals surface area (Å²) in [5, 5.41) is 10.5. The lowest BCUT2D eigenvalue weighted by Gasteiger charge is -2.47. The van der Waals surface area contributed by atoms with Gasteiger partial charge >= 0.3 is 11.9 Å². The van der Waals surface area contributed by atoms with Gasteiger partial charge in [0.25, 0.3) is 11.9 Å². The average Bonchev–Trinajstić information content (AvgIpc) is 2.81. The lowest BCUT2D eigenvalue weighted by molar-refractivity contribution is -0.144. The maximum absolute atomic E-state index is 12.8. The van der Waals surface area contributed by atoms with Crippen molar-refractivity contribution < 1.29 is 19.1 Å². The van der Waals surface area contributed by atoms with Crippen LogP contribution < -0.4 is 16.0 Å². The number of esters is 2. The number of carbonyl (C=O) groups is 2. The molecule has 0 amide bonds. The molecule has 1 aromatic rings. The Morgan fingerprint density at radius 3 is 1.38 bits per heavy atom. The molecule has 2 aliphatic heterocycles. The fourth-order valence-electron chi connectivity index (χ4n) is 7.17. The van der Waals surface area contributed by atoms with E-state index in [9.17, 15) is 9.59 Å². The van der Waals surface area contributed by atoms with Crippen LogP contribution in [0.15, 0.2) is 9.98 Å². The second-order valence-corrected chi connectivity index (χ2v) is 16.6. The Labute approximate surface area is 269 Å². The van der Waals surface area contributed by atoms with E-state index in [1.54, 1.807) is 0 Å². The van der Waals surface area contributed by atoms with Crippen LogP contribution in [0.2, 0.25) is 0 Å². The first-order valence-corrected chi connectivity index (χ1v) is 16.0. The van der Waals surface area contributed by atoms with E-state index in [1.165, 1.54) is 0 Å². The molecule has 12 nitrogen and oxygen atoms in total. The highest BCUT2D eigenvalue weighted by Crippen LogP contribution is 2.36. The highest BCUT2D eigenvalue weighted by atomic mass is 16.5. The second kappa shape index (κ2) is 13.4. The number of nitrogens with zero attached hydrogens (tertiary/aromatic N) is 5. The number of piperidine rings is 2. The van der Waals surface area contributed by atoms with Crippen LogP contribution in [0.4, 0.5) is 17.8 Å². The van der Waals surface area contributed by atoms with Crippen LogP contribution in [-0.4, -0.2) is 79.2 Å². The molecule has 0 radical (unpaired) electrons. The van der Waals surface area contributed by atoms with Crippen molar-refractivity contribution >= 4 is 42.2 Å². The molecule has 1 aromatic heterocycles. The number of aliphatic imine (C=N–C) groups is 2. The van der Waals surface area contributed by atoms with Crippen LogP contribution in [0.3, 0.4) is 0 Å². The highest BCUT2D eigenvalue weighted by Gasteiger charge is 2.41. The number of carbonyl (C=O) groups excluding carboxylic acids is 2. The van der Waals surface area contributed by atoms with Gasteiger partial charge in [-0.25, -0.2) is 19.6 Å². The minimum absolute atomic E-state index is 0.0430. The minimum atomic E-state index is -0.589. The van der Waals surface area contributed by atoms with Crippen molar-refractivity contribution in [2.45, 2.75) is 156 Å². The van der Waals surface area contributed by atoms with Crippen LogP contribution >= 0.6 is 0 Å². The number of hydrogen-bond donors (Lipinski definition) is 3. The quantitative estimate of drug-likeness (QED) is 0.237. The van der Waals surface area contributed by atoms with E-state index in [0.29, 0.717) is 0 Å². The van der Waals surface area contributed by atoms with Gasteiger partial charge in [-0.15, -0.1) is 0 Å². The SMILES string of the molecule is CC(OC(=O)/C=N/c1nc(/N=C/C(=O)OC(C)C2CC(C)(C)NC(C)(C)C2)nc(NC(C)(C)C)n1)C1CC(C)(C)NC(C)(C)C1. The summed E-state index contributed by atoms with van der Waals surface area (Å²) in [4.78, 5) is 46.7. The molecule has 2 unspecified atom stereocenters. The summed E-state index contributed by atoms with van der Waals surface area (Å²) in [5.74, 6) is -0.659. The zero-order valence-electron chi connectivity index (χ0n) is 29.7. The van der Waals surface area contributed by atoms with Crippen molar-refractivity contribution in [3.05, 3.63) is 0 Å². The largest absolute Gasteiger partial charge is 0.458 e. The van der Waals surface area contributed by atoms with Crippen LogP contribution in [0.5, 0.6) is 0 Å². The van der Waals surface area contributed by atoms with Crippen molar-refractivity contribution in [1.29, 1.82) is 0 Å². The van der Waals surface area contributed by atoms with Crippen molar-refractivity contribution in [1.82, 2.24) is 25.6 Å². The Morgan fingerprint density at radius 2 is 1.07 bits per heavy atom. The van der Waals surface area contributed by atoms with Gasteiger partial charge in [-0.2, -0.15) is 15.0 Å². The number of nitrogens with one attached hydrogen (secondary N) is 3. The molecule has 252 valence electrons. The Hall–Kier alpha value is -2.99. The standard InChI is InChI=1S/C33H56N8O4/c1-20(22-14-30(6,7)40-31(8,9)15-22)44-24(42)18-34-26-36-27(38-28(37-26)39-29(3,4)5)35-19-25(43)45-21(2)23-16-32(10,11)41-33(12,13)17-23/h18-23,40-41H,14-17H2,1-13H3,(H,36,37,38,39)/b34-18+,35-19+. The van der Waals surface area contributed by atoms with Crippen LogP contribution in [0.1, 0.15) is 116 Å². The molecule has 0 aromatic carbocycles. The zero-order chi connectivity index (χ0) is 34.0. The fraction of sp³-hybridized carbons (Fsp3) is 0.788. The molecule has 0 spiro atoms. The highest BCUT2D eigenvalue weighted by molar-refractivity contribution is 6.24. The summed E-state index contributed by atoms with van der Waals surface area (Å²) in [7, 11) is 0. The van der Waals surface area contributed by atoms with Crippen molar-refractivity contribution in [2.24, 2.45) is 21.8 Å². The predicted octanol–water partition coefficient (Wildman–Crippen LogP) is 5.46. The van der Waals surface area contributed by atoms with E-state index >= 15 is 0 Å². The summed E-state index contributed by atoms with van der Waals surface area (Å²) >= 11 is 0. The van der Waals surface area contributed by atoms with Gasteiger partial charge in [-0.1, -0.05) is 0 Å². The Morgan fingerprint density at radius 1 is 0.733 bits per heavy atom. The molecule has 0 aliphatic carbocycles. The van der Waals surface area contributed by atoms with Crippen molar-refractivity contribution in [3.63, 3.8) is 0 Å². The summed E-state index contributed by atoms with van der Waals surface area (Å²) in [6.07, 6.45) is 5.07. The van der Waals surface area contributed by atoms with Gasteiger partial charge in [0, 0.05) is 27.7 Å². The Kier molecular flexibility index (Phi) is 10.9. The third-order valence-electron chi connectivity index (χ3n) is 8.04. The molecule has 3 rings (SSSR count). The molecule has 0 bridgehead atoms. The first kappa shape index (κ1) is 36.5. The van der Waals surface area contributed by atoms with Crippen LogP contribution in [-0.2, 0) is 19.1 Å². The smallest absolute Gasteiger partial charge is 0.349 e. The molecule has 0 saturated carbocycles. The van der Waals surface area contributed by atoms with E-state index in [0.717, 1.165) is 38.1 Å². The number of aromatic nitrogens is 3. The second-order valence-electron chi connectivity index (χ2n) is 16.6. The molecule has 2 atom stereocenters. The van der Waals surface area contributed by atoms with Gasteiger partial charge in [0.2, 0.25) is 5.95 Å². The van der Waals surface area contributed by atoms with Gasteiger partial charge in [0.05, 0.1) is 0 Å². The Bertz CT molecular complexity index is 1160. The summed E-state index contributed by atoms with van der Waals surface area (Å²) < 4.78 is 11.5. The summed E-state index contributed by atoms with van der Waals surface area (Å²) in [6.45, 7) is 27.0. The number of rotatable bonds is 9. The molecule has 3 heterocycles. The van der Waals surface area contributed by atoms with Gasteiger partial charge < -0.3 is 25.4 Å². The lowest BCUT2D eigenvalue weighted by atomic mass is 9.74. The molecule has 3 N–H and O–H groups in total. The average molecular weight is 629 g/mol. The van der Waals surface area contributed by atoms with Crippen LogP contribution in [0.25, 0.3) is 0 Å². The predicted molar refractivity (Wildman–Crippen MR) is 179 cm³/mol. The normalized spacial score (nSPS) is 23.0. The third kappa shape index (κ3) is 12.0. The van der Waals surface area contributed by atoms with E-state index in [1.807, 2.05) is 34.6 Å². The van der Waals surface area contributed by atoms with E-state index in [4.69, 9.17) is 9.47 Å². The topological polar surface area (TPSA) is 152 Å². The summed E-state index contributed by atoms with van der Waals surface area (Å²) in [6, 6.07) is 0.